The van der Waals surface area contributed by atoms with Gasteiger partial charge in [-0.3, -0.25) is 0 Å². The summed E-state index contributed by atoms with van der Waals surface area (Å²) in [5.41, 5.74) is 7.86. The summed E-state index contributed by atoms with van der Waals surface area (Å²) in [6, 6.07) is 0. The Kier molecular flexibility index (Phi) is 8.99. The average molecular weight is 194 g/mol. The van der Waals surface area contributed by atoms with Crippen LogP contribution in [0, 0.1) is 0 Å². The smallest absolute Gasteiger partial charge is 0.329 e. The quantitative estimate of drug-likeness (QED) is 0.284. The van der Waals surface area contributed by atoms with Crippen LogP contribution in [-0.4, -0.2) is 32.3 Å². The van der Waals surface area contributed by atoms with E-state index in [4.69, 9.17) is 10.4 Å². The van der Waals surface area contributed by atoms with E-state index in [1.807, 2.05) is 6.92 Å². The summed E-state index contributed by atoms with van der Waals surface area (Å²) in [6.45, 7) is 4.64. The molecule has 0 saturated heterocycles. The lowest BCUT2D eigenvalue weighted by Gasteiger charge is -1.99. The van der Waals surface area contributed by atoms with Crippen molar-refractivity contribution >= 4 is 8.03 Å². The first kappa shape index (κ1) is 11.9. The van der Waals surface area contributed by atoms with Crippen LogP contribution >= 0.6 is 8.03 Å². The number of hydrogen-bond acceptors (Lipinski definition) is 5. The van der Waals surface area contributed by atoms with Crippen molar-refractivity contribution < 1.29 is 9.19 Å². The molecule has 0 aliphatic heterocycles. The summed E-state index contributed by atoms with van der Waals surface area (Å²) in [6.07, 6.45) is 0.540. The maximum atomic E-state index is 10.7. The van der Waals surface area contributed by atoms with E-state index >= 15 is 0 Å². The Morgan fingerprint density at radius 2 is 2.17 bits per heavy atom. The molecule has 0 amide bonds. The molecule has 1 atom stereocenters. The fourth-order valence-electron chi connectivity index (χ4n) is 0.549. The van der Waals surface area contributed by atoms with Gasteiger partial charge in [0.1, 0.15) is 0 Å². The number of hydrogen-bond donors (Lipinski definition) is 3. The van der Waals surface area contributed by atoms with Crippen molar-refractivity contribution in [3.8, 4) is 0 Å². The molecule has 0 rings (SSSR count). The minimum absolute atomic E-state index is 0.540. The van der Waals surface area contributed by atoms with Gasteiger partial charge in [0, 0.05) is 26.2 Å². The molecule has 0 fully saturated rings. The van der Waals surface area contributed by atoms with Crippen molar-refractivity contribution in [1.29, 1.82) is 0 Å². The maximum absolute atomic E-state index is 10.7. The van der Waals surface area contributed by atoms with Crippen molar-refractivity contribution in [3.63, 3.8) is 0 Å². The third kappa shape index (κ3) is 8.04. The minimum Gasteiger partial charge on any atom is -0.329 e. The van der Waals surface area contributed by atoms with Gasteiger partial charge in [0.15, 0.2) is 6.16 Å². The highest BCUT2D eigenvalue weighted by Crippen LogP contribution is 2.17. The molecule has 0 saturated carbocycles. The molecule has 1 unspecified atom stereocenters. The summed E-state index contributed by atoms with van der Waals surface area (Å²) in [5, 5.41) is 3.06. The van der Waals surface area contributed by atoms with Gasteiger partial charge in [0.05, 0.1) is 0 Å². The Morgan fingerprint density at radius 3 is 2.75 bits per heavy atom. The van der Waals surface area contributed by atoms with Crippen LogP contribution in [-0.2, 0) is 9.19 Å². The van der Waals surface area contributed by atoms with Crippen molar-refractivity contribution in [1.82, 2.24) is 10.8 Å². The first-order chi connectivity index (χ1) is 5.81. The summed E-state index contributed by atoms with van der Waals surface area (Å²) < 4.78 is 15.5. The monoisotopic (exact) mass is 194 g/mol. The first-order valence-corrected chi connectivity index (χ1v) is 5.42. The van der Waals surface area contributed by atoms with Crippen LogP contribution in [0.2, 0.25) is 0 Å². The van der Waals surface area contributed by atoms with Crippen LogP contribution in [0.15, 0.2) is 0 Å². The number of rotatable bonds is 8. The molecule has 0 bridgehead atoms. The number of hydroxylamine groups is 1. The zero-order chi connectivity index (χ0) is 9.23. The highest BCUT2D eigenvalue weighted by Gasteiger charge is 2.11. The zero-order valence-corrected chi connectivity index (χ0v) is 8.27. The first-order valence-electron chi connectivity index (χ1n) is 4.06. The van der Waals surface area contributed by atoms with E-state index in [2.05, 4.69) is 10.8 Å². The number of nitrogens with one attached hydrogen (secondary N) is 2. The summed E-state index contributed by atoms with van der Waals surface area (Å²) >= 11 is 0. The topological polar surface area (TPSA) is 76.4 Å². The Labute approximate surface area is 73.9 Å². The van der Waals surface area contributed by atoms with E-state index in [0.717, 1.165) is 13.1 Å². The van der Waals surface area contributed by atoms with Crippen molar-refractivity contribution in [2.75, 3.05) is 32.3 Å². The molecule has 0 aliphatic rings. The van der Waals surface area contributed by atoms with Gasteiger partial charge in [0.2, 0.25) is 0 Å². The molecule has 0 radical (unpaired) electrons. The van der Waals surface area contributed by atoms with Crippen molar-refractivity contribution in [2.24, 2.45) is 5.73 Å². The highest BCUT2D eigenvalue weighted by molar-refractivity contribution is 7.38. The Hall–Kier alpha value is -0.0600. The van der Waals surface area contributed by atoms with Gasteiger partial charge in [-0.15, -0.1) is 0 Å². The maximum Gasteiger partial charge on any atom is 0.526 e. The van der Waals surface area contributed by atoms with Gasteiger partial charge < -0.3 is 11.1 Å². The standard InChI is InChI=1S/C6H17N3O2P/c1-2-12(10)11-9-6-5-8-4-3-7/h8-9H,2-7H2,1H3/q+1. The predicted octanol–water partition coefficient (Wildman–Crippen LogP) is -0.182. The van der Waals surface area contributed by atoms with Gasteiger partial charge in [-0.05, 0) is 16.1 Å². The lowest BCUT2D eigenvalue weighted by atomic mass is 10.6. The molecule has 72 valence electrons. The molecule has 0 aliphatic carbocycles. The minimum atomic E-state index is -1.52. The lowest BCUT2D eigenvalue weighted by Crippen LogP contribution is -2.29. The van der Waals surface area contributed by atoms with Crippen LogP contribution in [0.4, 0.5) is 0 Å². The molecule has 0 aromatic heterocycles. The van der Waals surface area contributed by atoms with E-state index in [0.29, 0.717) is 19.3 Å². The molecular weight excluding hydrogens is 177 g/mol. The Morgan fingerprint density at radius 1 is 1.42 bits per heavy atom. The van der Waals surface area contributed by atoms with Crippen LogP contribution in [0.3, 0.4) is 0 Å². The van der Waals surface area contributed by atoms with E-state index in [9.17, 15) is 4.57 Å². The SMILES string of the molecule is CC[P+](=O)ONCCNCCN. The van der Waals surface area contributed by atoms with Crippen molar-refractivity contribution in [3.05, 3.63) is 0 Å². The zero-order valence-electron chi connectivity index (χ0n) is 7.38. The largest absolute Gasteiger partial charge is 0.526 e. The molecule has 0 aromatic rings. The van der Waals surface area contributed by atoms with E-state index in [-0.39, 0.29) is 0 Å². The highest BCUT2D eigenvalue weighted by atomic mass is 31.1. The summed E-state index contributed by atoms with van der Waals surface area (Å²) in [4.78, 5) is 0. The van der Waals surface area contributed by atoms with Crippen LogP contribution in [0.1, 0.15) is 6.92 Å². The molecule has 4 N–H and O–H groups in total. The molecule has 0 spiro atoms. The predicted molar refractivity (Wildman–Crippen MR) is 49.2 cm³/mol. The average Bonchev–Trinajstić information content (AvgIpc) is 2.10. The van der Waals surface area contributed by atoms with Gasteiger partial charge in [0.25, 0.3) is 0 Å². The Bertz CT molecular complexity index is 123. The Balaban J connectivity index is 2.95. The third-order valence-electron chi connectivity index (χ3n) is 1.15. The normalized spacial score (nSPS) is 11.7. The molecule has 5 nitrogen and oxygen atoms in total. The van der Waals surface area contributed by atoms with Crippen LogP contribution < -0.4 is 16.5 Å². The summed E-state index contributed by atoms with van der Waals surface area (Å²) in [7, 11) is -1.52. The van der Waals surface area contributed by atoms with Gasteiger partial charge >= 0.3 is 8.03 Å². The van der Waals surface area contributed by atoms with Crippen LogP contribution in [0.5, 0.6) is 0 Å². The van der Waals surface area contributed by atoms with Gasteiger partial charge in [-0.25, -0.2) is 0 Å². The second-order valence-electron chi connectivity index (χ2n) is 2.17. The van der Waals surface area contributed by atoms with E-state index in [1.165, 1.54) is 0 Å². The molecule has 0 aromatic carbocycles. The lowest BCUT2D eigenvalue weighted by molar-refractivity contribution is 0.210. The van der Waals surface area contributed by atoms with E-state index < -0.39 is 8.03 Å². The van der Waals surface area contributed by atoms with Gasteiger partial charge in [-0.2, -0.15) is 5.48 Å². The third-order valence-corrected chi connectivity index (χ3v) is 2.00. The molecule has 12 heavy (non-hydrogen) atoms. The van der Waals surface area contributed by atoms with E-state index in [1.54, 1.807) is 0 Å². The fourth-order valence-corrected chi connectivity index (χ4v) is 0.913. The fraction of sp³-hybridized carbons (Fsp3) is 1.00. The number of nitrogens with two attached hydrogens (primary N) is 1. The van der Waals surface area contributed by atoms with Gasteiger partial charge in [-0.1, -0.05) is 0 Å². The summed E-state index contributed by atoms with van der Waals surface area (Å²) in [5.74, 6) is 0. The second-order valence-corrected chi connectivity index (χ2v) is 3.65. The van der Waals surface area contributed by atoms with Crippen LogP contribution in [0.25, 0.3) is 0 Å². The van der Waals surface area contributed by atoms with Crippen molar-refractivity contribution in [2.45, 2.75) is 6.92 Å². The molecular formula is C6H17N3O2P+. The second kappa shape index (κ2) is 9.03. The molecule has 0 heterocycles. The molecule has 6 heteroatoms.